The number of aromatic nitrogens is 2. The molecule has 1 aromatic carbocycles. The van der Waals surface area contributed by atoms with E-state index in [0.29, 0.717) is 17.7 Å². The number of imidazole rings is 1. The number of ketones is 1. The summed E-state index contributed by atoms with van der Waals surface area (Å²) in [5.41, 5.74) is 7.68. The van der Waals surface area contributed by atoms with Crippen LogP contribution in [-0.4, -0.2) is 15.2 Å². The second-order valence-electron chi connectivity index (χ2n) is 4.05. The van der Waals surface area contributed by atoms with E-state index in [1.807, 2.05) is 22.2 Å². The minimum absolute atomic E-state index is 0.0352. The molecule has 5 heteroatoms. The second-order valence-corrected chi connectivity index (χ2v) is 4.92. The van der Waals surface area contributed by atoms with Crippen molar-refractivity contribution in [1.82, 2.24) is 9.38 Å². The number of anilines is 1. The van der Waals surface area contributed by atoms with Crippen molar-refractivity contribution in [3.63, 3.8) is 0 Å². The van der Waals surface area contributed by atoms with Crippen molar-refractivity contribution in [2.45, 2.75) is 6.42 Å². The van der Waals surface area contributed by atoms with E-state index >= 15 is 0 Å². The molecule has 2 aromatic heterocycles. The van der Waals surface area contributed by atoms with Gasteiger partial charge < -0.3 is 5.73 Å². The number of Topliss-reactive ketones (excluding diaryl/α,β-unsaturated/α-hetero) is 1. The maximum atomic E-state index is 12.1. The summed E-state index contributed by atoms with van der Waals surface area (Å²) in [4.78, 5) is 17.4. The van der Waals surface area contributed by atoms with E-state index in [0.717, 1.165) is 10.7 Å². The van der Waals surface area contributed by atoms with Crippen LogP contribution >= 0.6 is 11.3 Å². The van der Waals surface area contributed by atoms with Crippen LogP contribution in [0, 0.1) is 0 Å². The summed E-state index contributed by atoms with van der Waals surface area (Å²) in [5.74, 6) is 0.0352. The smallest absolute Gasteiger partial charge is 0.193 e. The van der Waals surface area contributed by atoms with Gasteiger partial charge in [-0.3, -0.25) is 9.20 Å². The fraction of sp³-hybridized carbons (Fsp3) is 0.0769. The molecular formula is C13H11N3OS. The van der Waals surface area contributed by atoms with Gasteiger partial charge in [-0.1, -0.05) is 12.1 Å². The highest BCUT2D eigenvalue weighted by molar-refractivity contribution is 7.15. The van der Waals surface area contributed by atoms with Crippen LogP contribution in [0.5, 0.6) is 0 Å². The van der Waals surface area contributed by atoms with Crippen LogP contribution in [0.4, 0.5) is 5.69 Å². The number of thiazole rings is 1. The Morgan fingerprint density at radius 2 is 2.33 bits per heavy atom. The van der Waals surface area contributed by atoms with Crippen LogP contribution in [0.15, 0.2) is 42.0 Å². The number of nitrogens with zero attached hydrogens (tertiary/aromatic N) is 2. The van der Waals surface area contributed by atoms with Crippen LogP contribution in [0.25, 0.3) is 4.96 Å². The Hall–Kier alpha value is -2.14. The molecule has 3 rings (SSSR count). The molecule has 0 atom stereocenters. The Morgan fingerprint density at radius 3 is 3.11 bits per heavy atom. The van der Waals surface area contributed by atoms with Crippen molar-refractivity contribution >= 4 is 27.8 Å². The molecule has 90 valence electrons. The molecule has 0 radical (unpaired) electrons. The van der Waals surface area contributed by atoms with E-state index in [4.69, 9.17) is 5.73 Å². The largest absolute Gasteiger partial charge is 0.399 e. The molecule has 2 N–H and O–H groups in total. The number of carbonyl (C=O) groups is 1. The SMILES string of the molecule is Nc1cccc(C(=O)Cc2cn3ccsc3n2)c1. The van der Waals surface area contributed by atoms with E-state index in [9.17, 15) is 4.79 Å². The van der Waals surface area contributed by atoms with E-state index in [1.54, 1.807) is 35.6 Å². The molecule has 0 spiro atoms. The summed E-state index contributed by atoms with van der Waals surface area (Å²) in [7, 11) is 0. The lowest BCUT2D eigenvalue weighted by Crippen LogP contribution is -2.04. The van der Waals surface area contributed by atoms with E-state index in [-0.39, 0.29) is 5.78 Å². The molecule has 3 aromatic rings. The van der Waals surface area contributed by atoms with Gasteiger partial charge in [0.2, 0.25) is 0 Å². The lowest BCUT2D eigenvalue weighted by molar-refractivity contribution is 0.0992. The van der Waals surface area contributed by atoms with Gasteiger partial charge in [-0.25, -0.2) is 4.98 Å². The number of nitrogens with two attached hydrogens (primary N) is 1. The Balaban J connectivity index is 1.84. The summed E-state index contributed by atoms with van der Waals surface area (Å²) >= 11 is 1.55. The van der Waals surface area contributed by atoms with Crippen LogP contribution < -0.4 is 5.73 Å². The molecule has 0 amide bonds. The van der Waals surface area contributed by atoms with Crippen LogP contribution in [0.3, 0.4) is 0 Å². The van der Waals surface area contributed by atoms with Gasteiger partial charge in [0.05, 0.1) is 12.1 Å². The Kier molecular flexibility index (Phi) is 2.60. The minimum atomic E-state index is 0.0352. The number of carbonyl (C=O) groups excluding carboxylic acids is 1. The summed E-state index contributed by atoms with van der Waals surface area (Å²) in [6.45, 7) is 0. The lowest BCUT2D eigenvalue weighted by atomic mass is 10.1. The fourth-order valence-electron chi connectivity index (χ4n) is 1.84. The topological polar surface area (TPSA) is 60.4 Å². The Labute approximate surface area is 108 Å². The zero-order chi connectivity index (χ0) is 12.5. The second kappa shape index (κ2) is 4.27. The third-order valence-electron chi connectivity index (χ3n) is 2.69. The summed E-state index contributed by atoms with van der Waals surface area (Å²) < 4.78 is 1.92. The third kappa shape index (κ3) is 2.00. The first kappa shape index (κ1) is 11.0. The highest BCUT2D eigenvalue weighted by Crippen LogP contribution is 2.14. The van der Waals surface area contributed by atoms with Gasteiger partial charge >= 0.3 is 0 Å². The third-order valence-corrected chi connectivity index (χ3v) is 3.46. The van der Waals surface area contributed by atoms with Crippen molar-refractivity contribution in [1.29, 1.82) is 0 Å². The molecule has 0 aliphatic carbocycles. The standard InChI is InChI=1S/C13H11N3OS/c14-10-3-1-2-9(6-10)12(17)7-11-8-16-4-5-18-13(16)15-11/h1-6,8H,7,14H2. The van der Waals surface area contributed by atoms with Crippen molar-refractivity contribution in [3.05, 3.63) is 53.3 Å². The van der Waals surface area contributed by atoms with Gasteiger partial charge in [0.25, 0.3) is 0 Å². The first-order valence-corrected chi connectivity index (χ1v) is 6.40. The Morgan fingerprint density at radius 1 is 1.44 bits per heavy atom. The van der Waals surface area contributed by atoms with Crippen molar-refractivity contribution in [2.75, 3.05) is 5.73 Å². The lowest BCUT2D eigenvalue weighted by Gasteiger charge is -1.99. The number of rotatable bonds is 3. The first-order valence-electron chi connectivity index (χ1n) is 5.52. The first-order chi connectivity index (χ1) is 8.72. The highest BCUT2D eigenvalue weighted by Gasteiger charge is 2.10. The molecule has 18 heavy (non-hydrogen) atoms. The van der Waals surface area contributed by atoms with Crippen molar-refractivity contribution < 1.29 is 4.79 Å². The normalized spacial score (nSPS) is 10.9. The molecule has 2 heterocycles. The van der Waals surface area contributed by atoms with Crippen LogP contribution in [0.1, 0.15) is 16.1 Å². The number of hydrogen-bond acceptors (Lipinski definition) is 4. The van der Waals surface area contributed by atoms with E-state index < -0.39 is 0 Å². The molecule has 0 saturated carbocycles. The number of hydrogen-bond donors (Lipinski definition) is 1. The fourth-order valence-corrected chi connectivity index (χ4v) is 2.56. The molecule has 0 aliphatic rings. The monoisotopic (exact) mass is 257 g/mol. The summed E-state index contributed by atoms with van der Waals surface area (Å²) in [6, 6.07) is 7.02. The number of benzene rings is 1. The zero-order valence-electron chi connectivity index (χ0n) is 9.54. The summed E-state index contributed by atoms with van der Waals surface area (Å²) in [5, 5.41) is 1.96. The molecule has 0 unspecified atom stereocenters. The van der Waals surface area contributed by atoms with E-state index in [1.165, 1.54) is 0 Å². The zero-order valence-corrected chi connectivity index (χ0v) is 10.4. The Bertz CT molecular complexity index is 685. The maximum Gasteiger partial charge on any atom is 0.193 e. The van der Waals surface area contributed by atoms with Crippen molar-refractivity contribution in [2.24, 2.45) is 0 Å². The van der Waals surface area contributed by atoms with Crippen LogP contribution in [0.2, 0.25) is 0 Å². The van der Waals surface area contributed by atoms with Gasteiger partial charge in [-0.2, -0.15) is 0 Å². The molecular weight excluding hydrogens is 246 g/mol. The van der Waals surface area contributed by atoms with Crippen molar-refractivity contribution in [3.8, 4) is 0 Å². The van der Waals surface area contributed by atoms with Gasteiger partial charge in [0, 0.05) is 29.0 Å². The van der Waals surface area contributed by atoms with Gasteiger partial charge in [0.1, 0.15) is 0 Å². The summed E-state index contributed by atoms with van der Waals surface area (Å²) in [6.07, 6.45) is 4.12. The maximum absolute atomic E-state index is 12.1. The van der Waals surface area contributed by atoms with Gasteiger partial charge in [-0.05, 0) is 12.1 Å². The van der Waals surface area contributed by atoms with Gasteiger partial charge in [-0.15, -0.1) is 11.3 Å². The molecule has 0 fully saturated rings. The average Bonchev–Trinajstić information content (AvgIpc) is 2.89. The average molecular weight is 257 g/mol. The van der Waals surface area contributed by atoms with Crippen LogP contribution in [-0.2, 0) is 6.42 Å². The predicted octanol–water partition coefficient (Wildman–Crippen LogP) is 2.40. The van der Waals surface area contributed by atoms with E-state index in [2.05, 4.69) is 4.98 Å². The minimum Gasteiger partial charge on any atom is -0.399 e. The predicted molar refractivity (Wildman–Crippen MR) is 72.0 cm³/mol. The molecule has 4 nitrogen and oxygen atoms in total. The number of fused-ring (bicyclic) bond motifs is 1. The quantitative estimate of drug-likeness (QED) is 0.579. The molecule has 0 saturated heterocycles. The number of nitrogen functional groups attached to an aromatic ring is 1. The molecule has 0 bridgehead atoms. The molecule has 0 aliphatic heterocycles. The van der Waals surface area contributed by atoms with Gasteiger partial charge in [0.15, 0.2) is 10.7 Å². The highest BCUT2D eigenvalue weighted by atomic mass is 32.1.